The van der Waals surface area contributed by atoms with E-state index in [2.05, 4.69) is 15.5 Å². The summed E-state index contributed by atoms with van der Waals surface area (Å²) in [5, 5.41) is 7.09. The summed E-state index contributed by atoms with van der Waals surface area (Å²) in [6.07, 6.45) is 2.82. The second-order valence-electron chi connectivity index (χ2n) is 4.72. The van der Waals surface area contributed by atoms with Crippen LogP contribution in [0.4, 0.5) is 0 Å². The molecule has 2 fully saturated rings. The Labute approximate surface area is 99.4 Å². The van der Waals surface area contributed by atoms with Crippen LogP contribution in [0.3, 0.4) is 0 Å². The molecule has 1 aromatic heterocycles. The summed E-state index contributed by atoms with van der Waals surface area (Å²) in [6.45, 7) is 3.26. The minimum atomic E-state index is 0.234. The van der Waals surface area contributed by atoms with Crippen LogP contribution >= 0.6 is 0 Å². The van der Waals surface area contributed by atoms with Crippen molar-refractivity contribution in [3.63, 3.8) is 0 Å². The number of hydrogen-bond donors (Lipinski definition) is 1. The van der Waals surface area contributed by atoms with Gasteiger partial charge in [-0.1, -0.05) is 5.16 Å². The minimum Gasteiger partial charge on any atom is -0.338 e. The molecule has 1 N–H and O–H groups in total. The lowest BCUT2D eigenvalue weighted by molar-refractivity contribution is -0.127. The maximum Gasteiger partial charge on any atom is 0.240 e. The second-order valence-corrected chi connectivity index (χ2v) is 4.72. The van der Waals surface area contributed by atoms with Gasteiger partial charge in [-0.3, -0.25) is 4.79 Å². The van der Waals surface area contributed by atoms with Crippen molar-refractivity contribution in [2.45, 2.75) is 44.8 Å². The topological polar surface area (TPSA) is 71.3 Å². The van der Waals surface area contributed by atoms with Crippen LogP contribution in [-0.4, -0.2) is 39.6 Å². The number of aryl methyl sites for hydroxylation is 1. The molecule has 2 aliphatic heterocycles. The summed E-state index contributed by atoms with van der Waals surface area (Å²) >= 11 is 0. The Morgan fingerprint density at radius 2 is 2.47 bits per heavy atom. The number of aromatic nitrogens is 2. The Morgan fingerprint density at radius 3 is 3.24 bits per heavy atom. The third-order valence-corrected chi connectivity index (χ3v) is 3.56. The van der Waals surface area contributed by atoms with Crippen LogP contribution in [0, 0.1) is 6.92 Å². The number of nitrogens with zero attached hydrogens (tertiary/aromatic N) is 3. The number of carbonyl (C=O) groups is 1. The Kier molecular flexibility index (Phi) is 2.58. The van der Waals surface area contributed by atoms with Gasteiger partial charge in [-0.2, -0.15) is 4.98 Å². The lowest BCUT2D eigenvalue weighted by atomic mass is 10.1. The molecule has 92 valence electrons. The Balaban J connectivity index is 1.60. The molecule has 2 unspecified atom stereocenters. The van der Waals surface area contributed by atoms with Crippen molar-refractivity contribution < 1.29 is 9.32 Å². The van der Waals surface area contributed by atoms with E-state index in [4.69, 9.17) is 4.52 Å². The van der Waals surface area contributed by atoms with Crippen molar-refractivity contribution in [1.82, 2.24) is 20.4 Å². The van der Waals surface area contributed by atoms with Gasteiger partial charge in [0.15, 0.2) is 5.82 Å². The molecule has 0 bridgehead atoms. The predicted molar refractivity (Wildman–Crippen MR) is 59.0 cm³/mol. The molecule has 1 aromatic rings. The third kappa shape index (κ3) is 1.93. The van der Waals surface area contributed by atoms with Crippen LogP contribution < -0.4 is 5.32 Å². The van der Waals surface area contributed by atoms with Crippen LogP contribution in [0.25, 0.3) is 0 Å². The number of carbonyl (C=O) groups excluding carboxylic acids is 1. The van der Waals surface area contributed by atoms with E-state index in [1.807, 2.05) is 4.90 Å². The molecule has 0 aliphatic carbocycles. The fourth-order valence-corrected chi connectivity index (χ4v) is 2.80. The number of rotatable bonds is 3. The van der Waals surface area contributed by atoms with Gasteiger partial charge >= 0.3 is 0 Å². The minimum absolute atomic E-state index is 0.234. The van der Waals surface area contributed by atoms with Gasteiger partial charge in [0.05, 0.1) is 6.54 Å². The summed E-state index contributed by atoms with van der Waals surface area (Å²) in [5.41, 5.74) is 0. The molecule has 3 heterocycles. The number of fused-ring (bicyclic) bond motifs is 1. The lowest BCUT2D eigenvalue weighted by Crippen LogP contribution is -2.39. The van der Waals surface area contributed by atoms with E-state index in [0.29, 0.717) is 30.7 Å². The van der Waals surface area contributed by atoms with E-state index in [1.165, 1.54) is 0 Å². The number of amides is 1. The molecular formula is C11H16N4O2. The molecule has 2 atom stereocenters. The third-order valence-electron chi connectivity index (χ3n) is 3.56. The first-order valence-electron chi connectivity index (χ1n) is 6.06. The van der Waals surface area contributed by atoms with Gasteiger partial charge < -0.3 is 14.7 Å². The van der Waals surface area contributed by atoms with E-state index in [-0.39, 0.29) is 11.9 Å². The Hall–Kier alpha value is -1.43. The SMILES string of the molecule is Cc1noc(CNC2CC(=O)N3CCCC23)n1. The first kappa shape index (κ1) is 10.7. The molecule has 2 saturated heterocycles. The average molecular weight is 236 g/mol. The van der Waals surface area contributed by atoms with Crippen molar-refractivity contribution in [1.29, 1.82) is 0 Å². The Bertz CT molecular complexity index is 431. The van der Waals surface area contributed by atoms with Gasteiger partial charge in [0.25, 0.3) is 0 Å². The second kappa shape index (κ2) is 4.10. The quantitative estimate of drug-likeness (QED) is 0.813. The molecule has 0 aromatic carbocycles. The van der Waals surface area contributed by atoms with Crippen LogP contribution in [-0.2, 0) is 11.3 Å². The van der Waals surface area contributed by atoms with E-state index >= 15 is 0 Å². The average Bonchev–Trinajstić information content (AvgIpc) is 2.96. The highest BCUT2D eigenvalue weighted by atomic mass is 16.5. The Morgan fingerprint density at radius 1 is 1.59 bits per heavy atom. The summed E-state index contributed by atoms with van der Waals surface area (Å²) in [7, 11) is 0. The van der Waals surface area contributed by atoms with Crippen LogP contribution in [0.1, 0.15) is 31.0 Å². The van der Waals surface area contributed by atoms with Crippen molar-refractivity contribution in [2.24, 2.45) is 0 Å². The van der Waals surface area contributed by atoms with E-state index < -0.39 is 0 Å². The molecule has 0 spiro atoms. The van der Waals surface area contributed by atoms with Crippen molar-refractivity contribution in [2.75, 3.05) is 6.54 Å². The van der Waals surface area contributed by atoms with Crippen LogP contribution in [0.2, 0.25) is 0 Å². The molecule has 2 aliphatic rings. The molecule has 17 heavy (non-hydrogen) atoms. The van der Waals surface area contributed by atoms with Crippen LogP contribution in [0.5, 0.6) is 0 Å². The molecule has 0 radical (unpaired) electrons. The first-order chi connectivity index (χ1) is 8.24. The molecule has 6 nitrogen and oxygen atoms in total. The zero-order valence-corrected chi connectivity index (χ0v) is 9.85. The maximum absolute atomic E-state index is 11.7. The van der Waals surface area contributed by atoms with Gasteiger partial charge in [0.1, 0.15) is 0 Å². The highest BCUT2D eigenvalue weighted by Crippen LogP contribution is 2.29. The van der Waals surface area contributed by atoms with Gasteiger partial charge in [0.2, 0.25) is 11.8 Å². The lowest BCUT2D eigenvalue weighted by Gasteiger charge is -2.20. The summed E-state index contributed by atoms with van der Waals surface area (Å²) in [6, 6.07) is 0.601. The number of nitrogens with one attached hydrogen (secondary N) is 1. The number of hydrogen-bond acceptors (Lipinski definition) is 5. The predicted octanol–water partition coefficient (Wildman–Crippen LogP) is 0.231. The largest absolute Gasteiger partial charge is 0.338 e. The van der Waals surface area contributed by atoms with Gasteiger partial charge in [-0.25, -0.2) is 0 Å². The van der Waals surface area contributed by atoms with E-state index in [0.717, 1.165) is 19.4 Å². The normalized spacial score (nSPS) is 27.8. The fraction of sp³-hybridized carbons (Fsp3) is 0.727. The highest BCUT2D eigenvalue weighted by molar-refractivity contribution is 5.80. The highest BCUT2D eigenvalue weighted by Gasteiger charge is 2.41. The van der Waals surface area contributed by atoms with Gasteiger partial charge in [-0.05, 0) is 19.8 Å². The zero-order valence-electron chi connectivity index (χ0n) is 9.85. The zero-order chi connectivity index (χ0) is 11.8. The summed E-state index contributed by atoms with van der Waals surface area (Å²) < 4.78 is 5.04. The van der Waals surface area contributed by atoms with Crippen molar-refractivity contribution in [3.8, 4) is 0 Å². The fourth-order valence-electron chi connectivity index (χ4n) is 2.80. The van der Waals surface area contributed by atoms with E-state index in [9.17, 15) is 4.79 Å². The van der Waals surface area contributed by atoms with Crippen molar-refractivity contribution >= 4 is 5.91 Å². The summed E-state index contributed by atoms with van der Waals surface area (Å²) in [4.78, 5) is 17.9. The standard InChI is InChI=1S/C11H16N4O2/c1-7-13-10(17-14-7)6-12-8-5-11(16)15-4-2-3-9(8)15/h8-9,12H,2-6H2,1H3. The molecule has 3 rings (SSSR count). The molecule has 0 saturated carbocycles. The molecule has 1 amide bonds. The first-order valence-corrected chi connectivity index (χ1v) is 6.06. The van der Waals surface area contributed by atoms with Crippen LogP contribution in [0.15, 0.2) is 4.52 Å². The smallest absolute Gasteiger partial charge is 0.240 e. The summed E-state index contributed by atoms with van der Waals surface area (Å²) in [5.74, 6) is 1.50. The monoisotopic (exact) mass is 236 g/mol. The van der Waals surface area contributed by atoms with E-state index in [1.54, 1.807) is 6.92 Å². The van der Waals surface area contributed by atoms with Gasteiger partial charge in [0, 0.05) is 25.0 Å². The van der Waals surface area contributed by atoms with Gasteiger partial charge in [-0.15, -0.1) is 0 Å². The molecular weight excluding hydrogens is 220 g/mol. The molecule has 6 heteroatoms. The van der Waals surface area contributed by atoms with Crippen molar-refractivity contribution in [3.05, 3.63) is 11.7 Å². The maximum atomic E-state index is 11.7.